The molecule has 2 rings (SSSR count). The Morgan fingerprint density at radius 2 is 2.10 bits per heavy atom. The highest BCUT2D eigenvalue weighted by atomic mass is 32.2. The van der Waals surface area contributed by atoms with Gasteiger partial charge in [-0.2, -0.15) is 11.8 Å². The fourth-order valence-electron chi connectivity index (χ4n) is 1.70. The van der Waals surface area contributed by atoms with Crippen LogP contribution < -0.4 is 15.6 Å². The van der Waals surface area contributed by atoms with E-state index in [-0.39, 0.29) is 11.3 Å². The molecular formula is C14H15N3O3S. The molecule has 1 aromatic carbocycles. The van der Waals surface area contributed by atoms with Crippen molar-refractivity contribution >= 4 is 23.4 Å². The quantitative estimate of drug-likeness (QED) is 0.881. The van der Waals surface area contributed by atoms with Crippen molar-refractivity contribution in [2.24, 2.45) is 0 Å². The number of anilines is 1. The van der Waals surface area contributed by atoms with Gasteiger partial charge in [-0.15, -0.1) is 0 Å². The smallest absolute Gasteiger partial charge is 0.274 e. The van der Waals surface area contributed by atoms with Crippen molar-refractivity contribution in [3.63, 3.8) is 0 Å². The van der Waals surface area contributed by atoms with E-state index in [2.05, 4.69) is 15.3 Å². The number of amides is 1. The van der Waals surface area contributed by atoms with Gasteiger partial charge >= 0.3 is 0 Å². The number of benzene rings is 1. The van der Waals surface area contributed by atoms with Crippen molar-refractivity contribution in [3.05, 3.63) is 52.2 Å². The maximum absolute atomic E-state index is 12.1. The number of ether oxygens (including phenoxy) is 1. The highest BCUT2D eigenvalue weighted by Crippen LogP contribution is 2.15. The lowest BCUT2D eigenvalue weighted by atomic mass is 10.3. The van der Waals surface area contributed by atoms with Gasteiger partial charge in [0.1, 0.15) is 17.3 Å². The molecule has 0 fully saturated rings. The summed E-state index contributed by atoms with van der Waals surface area (Å²) >= 11 is 1.51. The minimum Gasteiger partial charge on any atom is -0.497 e. The molecule has 0 unspecified atom stereocenters. The second kappa shape index (κ2) is 6.94. The molecule has 110 valence electrons. The second-order valence-electron chi connectivity index (χ2n) is 4.19. The summed E-state index contributed by atoms with van der Waals surface area (Å²) in [6.45, 7) is 0. The van der Waals surface area contributed by atoms with Gasteiger partial charge in [-0.25, -0.2) is 4.98 Å². The minimum atomic E-state index is -0.423. The number of nitrogens with zero attached hydrogens (tertiary/aromatic N) is 1. The molecule has 2 N–H and O–H groups in total. The molecule has 0 atom stereocenters. The molecule has 0 aliphatic heterocycles. The van der Waals surface area contributed by atoms with Gasteiger partial charge in [-0.05, 0) is 30.5 Å². The third kappa shape index (κ3) is 4.09. The molecule has 1 aromatic heterocycles. The highest BCUT2D eigenvalue weighted by molar-refractivity contribution is 7.97. The van der Waals surface area contributed by atoms with Crippen LogP contribution in [0.5, 0.6) is 5.75 Å². The zero-order valence-corrected chi connectivity index (χ0v) is 12.5. The van der Waals surface area contributed by atoms with Gasteiger partial charge < -0.3 is 15.0 Å². The van der Waals surface area contributed by atoms with E-state index in [1.807, 2.05) is 6.26 Å². The van der Waals surface area contributed by atoms with Crippen LogP contribution in [0.4, 0.5) is 5.69 Å². The number of thioether (sulfide) groups is 1. The first kappa shape index (κ1) is 15.1. The number of hydrogen-bond acceptors (Lipinski definition) is 5. The van der Waals surface area contributed by atoms with Crippen molar-refractivity contribution in [1.29, 1.82) is 0 Å². The van der Waals surface area contributed by atoms with E-state index >= 15 is 0 Å². The molecule has 0 aliphatic rings. The number of hydrogen-bond donors (Lipinski definition) is 2. The molecule has 21 heavy (non-hydrogen) atoms. The van der Waals surface area contributed by atoms with Crippen molar-refractivity contribution < 1.29 is 9.53 Å². The van der Waals surface area contributed by atoms with Crippen molar-refractivity contribution in [2.45, 2.75) is 5.75 Å². The number of aromatic amines is 1. The number of carbonyl (C=O) groups is 1. The number of rotatable bonds is 5. The zero-order chi connectivity index (χ0) is 15.2. The van der Waals surface area contributed by atoms with E-state index < -0.39 is 5.91 Å². The first-order chi connectivity index (χ1) is 10.1. The summed E-state index contributed by atoms with van der Waals surface area (Å²) in [5.41, 5.74) is 0.363. The van der Waals surface area contributed by atoms with Gasteiger partial charge in [0.15, 0.2) is 0 Å². The molecule has 2 aromatic rings. The summed E-state index contributed by atoms with van der Waals surface area (Å²) in [7, 11) is 1.57. The van der Waals surface area contributed by atoms with Crippen molar-refractivity contribution in [2.75, 3.05) is 18.7 Å². The lowest BCUT2D eigenvalue weighted by Gasteiger charge is -2.06. The Hall–Kier alpha value is -2.28. The van der Waals surface area contributed by atoms with Gasteiger partial charge in [0.2, 0.25) is 0 Å². The topological polar surface area (TPSA) is 84.1 Å². The van der Waals surface area contributed by atoms with E-state index in [1.54, 1.807) is 31.4 Å². The summed E-state index contributed by atoms with van der Waals surface area (Å²) in [5, 5.41) is 2.69. The molecule has 7 heteroatoms. The van der Waals surface area contributed by atoms with E-state index in [4.69, 9.17) is 4.74 Å². The Morgan fingerprint density at radius 1 is 1.38 bits per heavy atom. The third-order valence-corrected chi connectivity index (χ3v) is 3.21. The summed E-state index contributed by atoms with van der Waals surface area (Å²) in [6.07, 6.45) is 1.89. The number of methoxy groups -OCH3 is 1. The van der Waals surface area contributed by atoms with Crippen LogP contribution in [0.2, 0.25) is 0 Å². The van der Waals surface area contributed by atoms with Crippen LogP contribution in [0.3, 0.4) is 0 Å². The Morgan fingerprint density at radius 3 is 2.71 bits per heavy atom. The van der Waals surface area contributed by atoms with E-state index in [9.17, 15) is 9.59 Å². The predicted octanol–water partition coefficient (Wildman–Crippen LogP) is 1.89. The highest BCUT2D eigenvalue weighted by Gasteiger charge is 2.10. The molecule has 0 radical (unpaired) electrons. The fraction of sp³-hybridized carbons (Fsp3) is 0.214. The summed E-state index contributed by atoms with van der Waals surface area (Å²) < 4.78 is 5.04. The van der Waals surface area contributed by atoms with Gasteiger partial charge in [-0.3, -0.25) is 9.59 Å². The molecule has 0 aliphatic carbocycles. The van der Waals surface area contributed by atoms with Crippen LogP contribution in [-0.4, -0.2) is 29.2 Å². The van der Waals surface area contributed by atoms with Crippen LogP contribution >= 0.6 is 11.8 Å². The van der Waals surface area contributed by atoms with Crippen LogP contribution in [0.1, 0.15) is 16.3 Å². The summed E-state index contributed by atoms with van der Waals surface area (Å²) in [4.78, 5) is 30.4. The van der Waals surface area contributed by atoms with Crippen molar-refractivity contribution in [1.82, 2.24) is 9.97 Å². The number of nitrogens with one attached hydrogen (secondary N) is 2. The number of aromatic nitrogens is 2. The summed E-state index contributed by atoms with van der Waals surface area (Å²) in [5.74, 6) is 1.30. The third-order valence-electron chi connectivity index (χ3n) is 2.65. The molecule has 1 amide bonds. The molecule has 0 saturated carbocycles. The first-order valence-corrected chi connectivity index (χ1v) is 7.56. The zero-order valence-electron chi connectivity index (χ0n) is 11.7. The Bertz CT molecular complexity index is 683. The molecule has 6 nitrogen and oxygen atoms in total. The van der Waals surface area contributed by atoms with Crippen molar-refractivity contribution in [3.8, 4) is 5.75 Å². The van der Waals surface area contributed by atoms with Crippen LogP contribution in [0.15, 0.2) is 35.1 Å². The van der Waals surface area contributed by atoms with E-state index in [1.165, 1.54) is 17.8 Å². The molecule has 0 spiro atoms. The predicted molar refractivity (Wildman–Crippen MR) is 83.0 cm³/mol. The number of carbonyl (C=O) groups excluding carboxylic acids is 1. The Labute approximate surface area is 125 Å². The lowest BCUT2D eigenvalue weighted by Crippen LogP contribution is -2.20. The van der Waals surface area contributed by atoms with Crippen LogP contribution in [0, 0.1) is 0 Å². The standard InChI is InChI=1S/C14H15N3O3S/c1-20-10-5-3-9(4-6-10)15-14(19)11-7-13(18)17-12(16-11)8-21-2/h3-7H,8H2,1-2H3,(H,15,19)(H,16,17,18). The average molecular weight is 305 g/mol. The Kier molecular flexibility index (Phi) is 4.99. The van der Waals surface area contributed by atoms with Gasteiger partial charge in [0.25, 0.3) is 11.5 Å². The van der Waals surface area contributed by atoms with Crippen LogP contribution in [-0.2, 0) is 5.75 Å². The van der Waals surface area contributed by atoms with Gasteiger partial charge in [0, 0.05) is 11.8 Å². The first-order valence-electron chi connectivity index (χ1n) is 6.17. The summed E-state index contributed by atoms with van der Waals surface area (Å²) in [6, 6.07) is 8.09. The lowest BCUT2D eigenvalue weighted by molar-refractivity contribution is 0.102. The maximum Gasteiger partial charge on any atom is 0.274 e. The monoisotopic (exact) mass is 305 g/mol. The minimum absolute atomic E-state index is 0.0959. The van der Waals surface area contributed by atoms with Gasteiger partial charge in [-0.1, -0.05) is 0 Å². The maximum atomic E-state index is 12.1. The normalized spacial score (nSPS) is 10.2. The molecule has 0 saturated heterocycles. The number of H-pyrrole nitrogens is 1. The fourth-order valence-corrected chi connectivity index (χ4v) is 2.11. The largest absolute Gasteiger partial charge is 0.497 e. The Balaban J connectivity index is 2.17. The SMILES string of the molecule is COc1ccc(NC(=O)c2cc(=O)[nH]c(CSC)n2)cc1. The van der Waals surface area contributed by atoms with Gasteiger partial charge in [0.05, 0.1) is 12.9 Å². The van der Waals surface area contributed by atoms with E-state index in [0.29, 0.717) is 23.0 Å². The molecular weight excluding hydrogens is 290 g/mol. The molecule has 1 heterocycles. The van der Waals surface area contributed by atoms with Crippen LogP contribution in [0.25, 0.3) is 0 Å². The average Bonchev–Trinajstić information content (AvgIpc) is 2.48. The molecule has 0 bridgehead atoms. The second-order valence-corrected chi connectivity index (χ2v) is 5.06. The van der Waals surface area contributed by atoms with E-state index in [0.717, 1.165) is 0 Å².